The molecule has 0 saturated carbocycles. The maximum atomic E-state index is 12.9. The van der Waals surface area contributed by atoms with Gasteiger partial charge in [0.25, 0.3) is 0 Å². The number of hydrogen-bond donors (Lipinski definition) is 1. The molecule has 1 aliphatic heterocycles. The summed E-state index contributed by atoms with van der Waals surface area (Å²) in [6, 6.07) is 5.64. The Bertz CT molecular complexity index is 500. The standard InChI is InChI=1S/C16H21F3N2.2ClH/c1-12(2)10-15(21-8-6-20-7-9-21)13-4-3-5-14(11-13)16(17,18)19;;/h3-5,11,15,20H,1,6-10H2,2H3;2*1H/t15-;;/m0../s1. The van der Waals surface area contributed by atoms with E-state index >= 15 is 0 Å². The van der Waals surface area contributed by atoms with Crippen LogP contribution in [0, 0.1) is 0 Å². The van der Waals surface area contributed by atoms with Crippen LogP contribution in [0.15, 0.2) is 36.4 Å². The number of hydrogen-bond acceptors (Lipinski definition) is 2. The van der Waals surface area contributed by atoms with Gasteiger partial charge in [-0.1, -0.05) is 17.7 Å². The molecule has 0 bridgehead atoms. The Morgan fingerprint density at radius 1 is 1.26 bits per heavy atom. The summed E-state index contributed by atoms with van der Waals surface area (Å²) in [6.07, 6.45) is -3.62. The van der Waals surface area contributed by atoms with E-state index < -0.39 is 11.7 Å². The number of alkyl halides is 3. The van der Waals surface area contributed by atoms with Crippen molar-refractivity contribution in [2.45, 2.75) is 25.6 Å². The van der Waals surface area contributed by atoms with Gasteiger partial charge in [0.1, 0.15) is 0 Å². The Hall–Kier alpha value is -0.750. The van der Waals surface area contributed by atoms with E-state index in [-0.39, 0.29) is 30.9 Å². The number of halogens is 5. The highest BCUT2D eigenvalue weighted by Gasteiger charge is 2.31. The summed E-state index contributed by atoms with van der Waals surface area (Å²) in [4.78, 5) is 2.24. The van der Waals surface area contributed by atoms with Crippen molar-refractivity contribution in [1.29, 1.82) is 0 Å². The van der Waals surface area contributed by atoms with Gasteiger partial charge >= 0.3 is 6.18 Å². The van der Waals surface area contributed by atoms with Crippen molar-refractivity contribution < 1.29 is 13.2 Å². The van der Waals surface area contributed by atoms with Gasteiger partial charge in [-0.2, -0.15) is 13.2 Å². The van der Waals surface area contributed by atoms with Gasteiger partial charge in [0, 0.05) is 32.2 Å². The molecule has 0 radical (unpaired) electrons. The molecular weight excluding hydrogens is 348 g/mol. The minimum absolute atomic E-state index is 0. The topological polar surface area (TPSA) is 15.3 Å². The van der Waals surface area contributed by atoms with Gasteiger partial charge in [0.15, 0.2) is 0 Å². The first kappa shape index (κ1) is 22.2. The molecule has 23 heavy (non-hydrogen) atoms. The number of piperazine rings is 1. The minimum atomic E-state index is -4.30. The van der Waals surface area contributed by atoms with E-state index in [4.69, 9.17) is 0 Å². The first-order chi connectivity index (χ1) is 9.88. The molecule has 1 aliphatic rings. The lowest BCUT2D eigenvalue weighted by Crippen LogP contribution is -2.45. The third kappa shape index (κ3) is 6.34. The van der Waals surface area contributed by atoms with Crippen LogP contribution in [0.2, 0.25) is 0 Å². The number of benzene rings is 1. The molecule has 2 rings (SSSR count). The third-order valence-corrected chi connectivity index (χ3v) is 3.73. The van der Waals surface area contributed by atoms with E-state index in [9.17, 15) is 13.2 Å². The second kappa shape index (κ2) is 9.52. The highest BCUT2D eigenvalue weighted by Crippen LogP contribution is 2.33. The normalized spacial score (nSPS) is 16.9. The third-order valence-electron chi connectivity index (χ3n) is 3.73. The second-order valence-corrected chi connectivity index (χ2v) is 5.59. The summed E-state index contributed by atoms with van der Waals surface area (Å²) in [7, 11) is 0. The van der Waals surface area contributed by atoms with Crippen LogP contribution < -0.4 is 5.32 Å². The molecule has 2 nitrogen and oxygen atoms in total. The molecule has 1 heterocycles. The Morgan fingerprint density at radius 3 is 2.39 bits per heavy atom. The van der Waals surface area contributed by atoms with Gasteiger partial charge in [0.05, 0.1) is 5.56 Å². The summed E-state index contributed by atoms with van der Waals surface area (Å²) < 4.78 is 38.7. The minimum Gasteiger partial charge on any atom is -0.314 e. The van der Waals surface area contributed by atoms with Crippen LogP contribution in [0.4, 0.5) is 13.2 Å². The molecule has 132 valence electrons. The zero-order valence-corrected chi connectivity index (χ0v) is 14.7. The predicted octanol–water partition coefficient (Wildman–Crippen LogP) is 4.46. The van der Waals surface area contributed by atoms with Gasteiger partial charge in [0.2, 0.25) is 0 Å². The van der Waals surface area contributed by atoms with Crippen molar-refractivity contribution in [2.75, 3.05) is 26.2 Å². The molecule has 0 aliphatic carbocycles. The highest BCUT2D eigenvalue weighted by molar-refractivity contribution is 5.85. The molecule has 1 atom stereocenters. The SMILES string of the molecule is C=C(C)C[C@@H](c1cccc(C(F)(F)F)c1)N1CCNCC1.Cl.Cl. The van der Waals surface area contributed by atoms with E-state index in [1.54, 1.807) is 6.07 Å². The fraction of sp³-hybridized carbons (Fsp3) is 0.500. The van der Waals surface area contributed by atoms with Crippen LogP contribution in [0.1, 0.15) is 30.5 Å². The average molecular weight is 371 g/mol. The molecule has 0 amide bonds. The molecule has 1 aromatic carbocycles. The maximum Gasteiger partial charge on any atom is 0.416 e. The molecule has 1 saturated heterocycles. The van der Waals surface area contributed by atoms with Crippen LogP contribution in [-0.2, 0) is 6.18 Å². The smallest absolute Gasteiger partial charge is 0.314 e. The average Bonchev–Trinajstić information content (AvgIpc) is 2.45. The number of nitrogens with one attached hydrogen (secondary N) is 1. The molecule has 1 N–H and O–H groups in total. The van der Waals surface area contributed by atoms with Crippen molar-refractivity contribution >= 4 is 24.8 Å². The highest BCUT2D eigenvalue weighted by atomic mass is 35.5. The molecule has 0 unspecified atom stereocenters. The quantitative estimate of drug-likeness (QED) is 0.787. The first-order valence-electron chi connectivity index (χ1n) is 7.14. The van der Waals surface area contributed by atoms with Crippen molar-refractivity contribution in [1.82, 2.24) is 10.2 Å². The lowest BCUT2D eigenvalue weighted by Gasteiger charge is -2.35. The lowest BCUT2D eigenvalue weighted by molar-refractivity contribution is -0.137. The summed E-state index contributed by atoms with van der Waals surface area (Å²) in [6.45, 7) is 9.26. The predicted molar refractivity (Wildman–Crippen MR) is 92.6 cm³/mol. The van der Waals surface area contributed by atoms with E-state index in [1.807, 2.05) is 6.92 Å². The van der Waals surface area contributed by atoms with Crippen LogP contribution in [0.25, 0.3) is 0 Å². The van der Waals surface area contributed by atoms with E-state index in [0.29, 0.717) is 6.42 Å². The Morgan fingerprint density at radius 2 is 1.87 bits per heavy atom. The lowest BCUT2D eigenvalue weighted by atomic mass is 9.96. The second-order valence-electron chi connectivity index (χ2n) is 5.59. The van der Waals surface area contributed by atoms with Crippen LogP contribution in [0.3, 0.4) is 0 Å². The van der Waals surface area contributed by atoms with Crippen LogP contribution in [-0.4, -0.2) is 31.1 Å². The van der Waals surface area contributed by atoms with Gasteiger partial charge in [-0.3, -0.25) is 4.90 Å². The largest absolute Gasteiger partial charge is 0.416 e. The van der Waals surface area contributed by atoms with Gasteiger partial charge in [-0.15, -0.1) is 31.4 Å². The fourth-order valence-electron chi connectivity index (χ4n) is 2.70. The number of rotatable bonds is 4. The summed E-state index contributed by atoms with van der Waals surface area (Å²) >= 11 is 0. The Kier molecular flexibility index (Phi) is 9.21. The molecule has 0 aromatic heterocycles. The van der Waals surface area contributed by atoms with E-state index in [2.05, 4.69) is 16.8 Å². The van der Waals surface area contributed by atoms with Crippen molar-refractivity contribution in [3.8, 4) is 0 Å². The molecule has 7 heteroatoms. The van der Waals surface area contributed by atoms with Crippen LogP contribution >= 0.6 is 24.8 Å². The molecule has 1 fully saturated rings. The zero-order chi connectivity index (χ0) is 15.5. The Labute approximate surface area is 147 Å². The number of nitrogens with zero attached hydrogens (tertiary/aromatic N) is 1. The monoisotopic (exact) mass is 370 g/mol. The van der Waals surface area contributed by atoms with Gasteiger partial charge in [-0.25, -0.2) is 0 Å². The summed E-state index contributed by atoms with van der Waals surface area (Å²) in [5.41, 5.74) is 1.12. The molecule has 0 spiro atoms. The van der Waals surface area contributed by atoms with Gasteiger partial charge in [-0.05, 0) is 31.0 Å². The van der Waals surface area contributed by atoms with E-state index in [0.717, 1.165) is 43.4 Å². The zero-order valence-electron chi connectivity index (χ0n) is 13.0. The Balaban J connectivity index is 0.00000242. The van der Waals surface area contributed by atoms with Gasteiger partial charge < -0.3 is 5.32 Å². The fourth-order valence-corrected chi connectivity index (χ4v) is 2.70. The first-order valence-corrected chi connectivity index (χ1v) is 7.14. The summed E-state index contributed by atoms with van der Waals surface area (Å²) in [5, 5.41) is 3.27. The van der Waals surface area contributed by atoms with E-state index in [1.165, 1.54) is 12.1 Å². The maximum absolute atomic E-state index is 12.9. The van der Waals surface area contributed by atoms with Crippen LogP contribution in [0.5, 0.6) is 0 Å². The molecular formula is C16H23Cl2F3N2. The van der Waals surface area contributed by atoms with Crippen molar-refractivity contribution in [2.24, 2.45) is 0 Å². The van der Waals surface area contributed by atoms with Crippen molar-refractivity contribution in [3.05, 3.63) is 47.5 Å². The molecule has 1 aromatic rings. The summed E-state index contributed by atoms with van der Waals surface area (Å²) in [5.74, 6) is 0. The van der Waals surface area contributed by atoms with Crippen molar-refractivity contribution in [3.63, 3.8) is 0 Å².